The van der Waals surface area contributed by atoms with Crippen molar-refractivity contribution in [2.24, 2.45) is 0 Å². The molecule has 0 aliphatic carbocycles. The third kappa shape index (κ3) is 12.1. The molecule has 5 nitrogen and oxygen atoms in total. The van der Waals surface area contributed by atoms with Crippen LogP contribution in [0.5, 0.6) is 5.75 Å². The monoisotopic (exact) mass is 365 g/mol. The third-order valence-electron chi connectivity index (χ3n) is 3.05. The van der Waals surface area contributed by atoms with Crippen LogP contribution in [0.25, 0.3) is 0 Å². The van der Waals surface area contributed by atoms with Crippen LogP contribution in [0.3, 0.4) is 0 Å². The van der Waals surface area contributed by atoms with Gasteiger partial charge in [-0.25, -0.2) is 0 Å². The van der Waals surface area contributed by atoms with Gasteiger partial charge >= 0.3 is 0 Å². The predicted octanol–water partition coefficient (Wildman–Crippen LogP) is 2.09. The quantitative estimate of drug-likeness (QED) is 0.623. The summed E-state index contributed by atoms with van der Waals surface area (Å²) < 4.78 is 5.63. The zero-order valence-electron chi connectivity index (χ0n) is 14.1. The number of likely N-dealkylation sites (N-methyl/N-ethyl adjacent to an activating group) is 1. The smallest absolute Gasteiger partial charge is 0.220 e. The van der Waals surface area contributed by atoms with Crippen molar-refractivity contribution in [2.45, 2.75) is 19.4 Å². The lowest BCUT2D eigenvalue weighted by Crippen LogP contribution is -2.23. The highest BCUT2D eigenvalue weighted by atomic mass is 35.5. The SMILES string of the molecule is CNCCCC(=O)NCc1ccc(OCCN(C)C)cc1.Cl.Cl. The van der Waals surface area contributed by atoms with Gasteiger partial charge < -0.3 is 20.3 Å². The second kappa shape index (κ2) is 14.6. The second-order valence-corrected chi connectivity index (χ2v) is 5.28. The Bertz CT molecular complexity index is 414. The van der Waals surface area contributed by atoms with Gasteiger partial charge in [-0.1, -0.05) is 12.1 Å². The van der Waals surface area contributed by atoms with Gasteiger partial charge in [0.1, 0.15) is 12.4 Å². The van der Waals surface area contributed by atoms with Crippen LogP contribution in [-0.4, -0.2) is 51.6 Å². The number of ether oxygens (including phenoxy) is 1. The van der Waals surface area contributed by atoms with Crippen molar-refractivity contribution in [3.05, 3.63) is 29.8 Å². The molecule has 0 unspecified atom stereocenters. The molecule has 0 fully saturated rings. The highest BCUT2D eigenvalue weighted by Crippen LogP contribution is 2.12. The first-order valence-corrected chi connectivity index (χ1v) is 7.39. The van der Waals surface area contributed by atoms with E-state index in [1.54, 1.807) is 0 Å². The van der Waals surface area contributed by atoms with Gasteiger partial charge in [0.25, 0.3) is 0 Å². The largest absolute Gasteiger partial charge is 0.492 e. The van der Waals surface area contributed by atoms with E-state index in [9.17, 15) is 4.79 Å². The second-order valence-electron chi connectivity index (χ2n) is 5.28. The Kier molecular flexibility index (Phi) is 15.4. The van der Waals surface area contributed by atoms with Crippen LogP contribution in [0.15, 0.2) is 24.3 Å². The molecule has 134 valence electrons. The van der Waals surface area contributed by atoms with Crippen molar-refractivity contribution in [1.29, 1.82) is 0 Å². The molecule has 0 atom stereocenters. The number of carbonyl (C=O) groups excluding carboxylic acids is 1. The molecule has 1 amide bonds. The molecule has 0 bridgehead atoms. The minimum Gasteiger partial charge on any atom is -0.492 e. The molecule has 23 heavy (non-hydrogen) atoms. The molecule has 1 rings (SSSR count). The molecule has 0 spiro atoms. The first-order valence-electron chi connectivity index (χ1n) is 7.39. The Balaban J connectivity index is 0. The Labute approximate surface area is 152 Å². The van der Waals surface area contributed by atoms with E-state index in [0.717, 1.165) is 30.8 Å². The Morgan fingerprint density at radius 3 is 2.39 bits per heavy atom. The van der Waals surface area contributed by atoms with E-state index in [-0.39, 0.29) is 30.7 Å². The van der Waals surface area contributed by atoms with Crippen LogP contribution in [-0.2, 0) is 11.3 Å². The van der Waals surface area contributed by atoms with Crippen LogP contribution in [0, 0.1) is 0 Å². The molecule has 0 aliphatic rings. The van der Waals surface area contributed by atoms with Crippen molar-refractivity contribution in [1.82, 2.24) is 15.5 Å². The van der Waals surface area contributed by atoms with E-state index in [2.05, 4.69) is 15.5 Å². The van der Waals surface area contributed by atoms with E-state index in [0.29, 0.717) is 19.6 Å². The van der Waals surface area contributed by atoms with Crippen molar-refractivity contribution in [3.63, 3.8) is 0 Å². The summed E-state index contributed by atoms with van der Waals surface area (Å²) in [5.41, 5.74) is 1.08. The first kappa shape index (κ1) is 24.2. The molecule has 7 heteroatoms. The topological polar surface area (TPSA) is 53.6 Å². The maximum absolute atomic E-state index is 11.6. The Morgan fingerprint density at radius 1 is 1.17 bits per heavy atom. The minimum atomic E-state index is 0. The summed E-state index contributed by atoms with van der Waals surface area (Å²) in [6, 6.07) is 7.86. The van der Waals surface area contributed by atoms with Gasteiger partial charge in [0, 0.05) is 19.5 Å². The Morgan fingerprint density at radius 2 is 1.83 bits per heavy atom. The third-order valence-corrected chi connectivity index (χ3v) is 3.05. The van der Waals surface area contributed by atoms with Gasteiger partial charge in [-0.3, -0.25) is 4.79 Å². The number of hydrogen-bond donors (Lipinski definition) is 2. The molecule has 0 heterocycles. The number of nitrogens with zero attached hydrogens (tertiary/aromatic N) is 1. The lowest BCUT2D eigenvalue weighted by molar-refractivity contribution is -0.121. The van der Waals surface area contributed by atoms with Crippen molar-refractivity contribution in [2.75, 3.05) is 40.8 Å². The van der Waals surface area contributed by atoms with Crippen molar-refractivity contribution >= 4 is 30.7 Å². The maximum atomic E-state index is 11.6. The van der Waals surface area contributed by atoms with Crippen LogP contribution < -0.4 is 15.4 Å². The summed E-state index contributed by atoms with van der Waals surface area (Å²) >= 11 is 0. The van der Waals surface area contributed by atoms with Crippen LogP contribution >= 0.6 is 24.8 Å². The summed E-state index contributed by atoms with van der Waals surface area (Å²) in [6.45, 7) is 3.00. The minimum absolute atomic E-state index is 0. The predicted molar refractivity (Wildman–Crippen MR) is 100.0 cm³/mol. The number of halogens is 2. The standard InChI is InChI=1S/C16H27N3O2.2ClH/c1-17-10-4-5-16(20)18-13-14-6-8-15(9-7-14)21-12-11-19(2)3;;/h6-9,17H,4-5,10-13H2,1-3H3,(H,18,20);2*1H. The average molecular weight is 366 g/mol. The first-order chi connectivity index (χ1) is 10.1. The van der Waals surface area contributed by atoms with E-state index in [1.807, 2.05) is 45.4 Å². The molecule has 0 saturated carbocycles. The molecule has 0 aromatic heterocycles. The molecular weight excluding hydrogens is 337 g/mol. The zero-order chi connectivity index (χ0) is 15.5. The molecule has 1 aromatic rings. The number of nitrogens with one attached hydrogen (secondary N) is 2. The fourth-order valence-corrected chi connectivity index (χ4v) is 1.76. The number of carbonyl (C=O) groups is 1. The number of hydrogen-bond acceptors (Lipinski definition) is 4. The number of rotatable bonds is 10. The number of amides is 1. The van der Waals surface area contributed by atoms with Crippen LogP contribution in [0.2, 0.25) is 0 Å². The summed E-state index contributed by atoms with van der Waals surface area (Å²) in [5, 5.41) is 5.95. The van der Waals surface area contributed by atoms with Crippen LogP contribution in [0.1, 0.15) is 18.4 Å². The van der Waals surface area contributed by atoms with Crippen LogP contribution in [0.4, 0.5) is 0 Å². The molecule has 0 aliphatic heterocycles. The fourth-order valence-electron chi connectivity index (χ4n) is 1.76. The van der Waals surface area contributed by atoms with Gasteiger partial charge in [0.05, 0.1) is 0 Å². The summed E-state index contributed by atoms with van der Waals surface area (Å²) in [6.07, 6.45) is 1.42. The lowest BCUT2D eigenvalue weighted by atomic mass is 10.2. The van der Waals surface area contributed by atoms with E-state index in [1.165, 1.54) is 0 Å². The fraction of sp³-hybridized carbons (Fsp3) is 0.562. The van der Waals surface area contributed by atoms with Gasteiger partial charge in [0.2, 0.25) is 5.91 Å². The van der Waals surface area contributed by atoms with Crippen molar-refractivity contribution in [3.8, 4) is 5.75 Å². The Hall–Kier alpha value is -1.01. The summed E-state index contributed by atoms with van der Waals surface area (Å²) in [4.78, 5) is 13.7. The van der Waals surface area contributed by atoms with Gasteiger partial charge in [-0.05, 0) is 51.8 Å². The molecule has 2 N–H and O–H groups in total. The summed E-state index contributed by atoms with van der Waals surface area (Å²) in [5.74, 6) is 0.956. The molecule has 0 radical (unpaired) electrons. The highest BCUT2D eigenvalue weighted by molar-refractivity contribution is 5.85. The normalized spacial score (nSPS) is 9.74. The van der Waals surface area contributed by atoms with E-state index >= 15 is 0 Å². The zero-order valence-corrected chi connectivity index (χ0v) is 15.8. The van der Waals surface area contributed by atoms with Gasteiger partial charge in [-0.15, -0.1) is 24.8 Å². The van der Waals surface area contributed by atoms with Crippen molar-refractivity contribution < 1.29 is 9.53 Å². The highest BCUT2D eigenvalue weighted by Gasteiger charge is 2.01. The summed E-state index contributed by atoms with van der Waals surface area (Å²) in [7, 11) is 5.93. The molecular formula is C16H29Cl2N3O2. The van der Waals surface area contributed by atoms with Gasteiger partial charge in [0.15, 0.2) is 0 Å². The lowest BCUT2D eigenvalue weighted by Gasteiger charge is -2.11. The average Bonchev–Trinajstić information content (AvgIpc) is 2.46. The maximum Gasteiger partial charge on any atom is 0.220 e. The van der Waals surface area contributed by atoms with E-state index in [4.69, 9.17) is 4.74 Å². The van der Waals surface area contributed by atoms with E-state index < -0.39 is 0 Å². The number of benzene rings is 1. The molecule has 0 saturated heterocycles. The molecule has 1 aromatic carbocycles. The van der Waals surface area contributed by atoms with Gasteiger partial charge in [-0.2, -0.15) is 0 Å².